The molecule has 3 heterocycles. The first-order chi connectivity index (χ1) is 9.50. The highest BCUT2D eigenvalue weighted by Gasteiger charge is 1.94. The minimum atomic E-state index is -0.303. The second-order valence-electron chi connectivity index (χ2n) is 3.60. The fourth-order valence-corrected chi connectivity index (χ4v) is 0.974. The maximum Gasteiger partial charge on any atom is 0.328 e. The predicted octanol–water partition coefficient (Wildman–Crippen LogP) is -0.315. The zero-order valence-electron chi connectivity index (χ0n) is 11.4. The first kappa shape index (κ1) is 18.1. The van der Waals surface area contributed by atoms with E-state index in [0.29, 0.717) is 0 Å². The van der Waals surface area contributed by atoms with Crippen molar-refractivity contribution in [2.45, 2.75) is 7.43 Å². The summed E-state index contributed by atoms with van der Waals surface area (Å²) in [4.78, 5) is 17.9. The van der Waals surface area contributed by atoms with E-state index in [2.05, 4.69) is 25.3 Å². The number of hydrogen-bond acceptors (Lipinski definition) is 6. The van der Waals surface area contributed by atoms with Crippen LogP contribution in [0.3, 0.4) is 0 Å². The Balaban J connectivity index is 0.000000283. The van der Waals surface area contributed by atoms with Crippen molar-refractivity contribution >= 4 is 0 Å². The molecule has 0 aliphatic carbocycles. The summed E-state index contributed by atoms with van der Waals surface area (Å²) >= 11 is 0. The molecular formula is C11H20N8O2. The van der Waals surface area contributed by atoms with E-state index in [-0.39, 0.29) is 19.0 Å². The third kappa shape index (κ3) is 6.71. The van der Waals surface area contributed by atoms with Crippen molar-refractivity contribution < 1.29 is 5.11 Å². The lowest BCUT2D eigenvalue weighted by Gasteiger charge is -1.85. The minimum absolute atomic E-state index is 0. The van der Waals surface area contributed by atoms with Gasteiger partial charge in [0.15, 0.2) is 0 Å². The van der Waals surface area contributed by atoms with Gasteiger partial charge in [-0.25, -0.2) is 9.78 Å². The zero-order valence-corrected chi connectivity index (χ0v) is 11.4. The lowest BCUT2D eigenvalue weighted by Crippen LogP contribution is -2.11. The van der Waals surface area contributed by atoms with E-state index in [1.165, 1.54) is 24.4 Å². The van der Waals surface area contributed by atoms with Gasteiger partial charge in [0.1, 0.15) is 12.7 Å². The van der Waals surface area contributed by atoms with Crippen LogP contribution >= 0.6 is 0 Å². The van der Waals surface area contributed by atoms with Gasteiger partial charge in [0.25, 0.3) is 0 Å². The summed E-state index contributed by atoms with van der Waals surface area (Å²) in [6, 6.07) is 0. The lowest BCUT2D eigenvalue weighted by molar-refractivity contribution is 0.429. The Bertz CT molecular complexity index is 606. The molecule has 0 saturated carbocycles. The standard InChI is InChI=1S/C4H6N2O2.2C3H5N3.CH4/c1-6-3(7)2-5-4(6)8;1-6-3-4-2-5-6;1-6-4-2-3-5-6;/h2,7H,1H3,(H,5,8);2*2-3H,1H3;1H4. The number of nitrogens with one attached hydrogen (secondary N) is 1. The molecule has 0 spiro atoms. The van der Waals surface area contributed by atoms with Crippen LogP contribution < -0.4 is 5.69 Å². The number of aryl methyl sites for hydroxylation is 2. The summed E-state index contributed by atoms with van der Waals surface area (Å²) in [6.45, 7) is 0. The summed E-state index contributed by atoms with van der Waals surface area (Å²) in [7, 11) is 5.08. The Morgan fingerprint density at radius 3 is 1.90 bits per heavy atom. The highest BCUT2D eigenvalue weighted by Crippen LogP contribution is 1.96. The summed E-state index contributed by atoms with van der Waals surface area (Å²) in [5.41, 5.74) is -0.303. The molecule has 0 aliphatic rings. The van der Waals surface area contributed by atoms with Gasteiger partial charge in [0.05, 0.1) is 18.6 Å². The van der Waals surface area contributed by atoms with Gasteiger partial charge >= 0.3 is 5.69 Å². The van der Waals surface area contributed by atoms with Crippen LogP contribution in [0.4, 0.5) is 0 Å². The van der Waals surface area contributed by atoms with Crippen LogP contribution in [-0.4, -0.2) is 44.4 Å². The van der Waals surface area contributed by atoms with E-state index in [0.717, 1.165) is 4.57 Å². The van der Waals surface area contributed by atoms with Crippen molar-refractivity contribution in [1.82, 2.24) is 39.3 Å². The zero-order chi connectivity index (χ0) is 15.0. The molecule has 0 radical (unpaired) electrons. The molecule has 10 nitrogen and oxygen atoms in total. The van der Waals surface area contributed by atoms with Crippen LogP contribution in [0.1, 0.15) is 7.43 Å². The quantitative estimate of drug-likeness (QED) is 0.587. The number of H-pyrrole nitrogens is 1. The second-order valence-corrected chi connectivity index (χ2v) is 3.60. The van der Waals surface area contributed by atoms with E-state index < -0.39 is 0 Å². The van der Waals surface area contributed by atoms with E-state index >= 15 is 0 Å². The average Bonchev–Trinajstić information content (AvgIpc) is 3.14. The predicted molar refractivity (Wildman–Crippen MR) is 76.4 cm³/mol. The summed E-state index contributed by atoms with van der Waals surface area (Å²) in [5.74, 6) is -0.0463. The molecule has 0 bridgehead atoms. The van der Waals surface area contributed by atoms with Crippen LogP contribution in [0.15, 0.2) is 36.0 Å². The van der Waals surface area contributed by atoms with Crippen molar-refractivity contribution in [2.75, 3.05) is 0 Å². The number of hydrogen-bond donors (Lipinski definition) is 2. The van der Waals surface area contributed by atoms with Gasteiger partial charge in [-0.1, -0.05) is 7.43 Å². The van der Waals surface area contributed by atoms with Gasteiger partial charge in [-0.15, -0.1) is 0 Å². The smallest absolute Gasteiger partial charge is 0.328 e. The fraction of sp³-hybridized carbons (Fsp3) is 0.364. The van der Waals surface area contributed by atoms with E-state index in [1.807, 2.05) is 7.05 Å². The van der Waals surface area contributed by atoms with Gasteiger partial charge in [0, 0.05) is 21.1 Å². The Morgan fingerprint density at radius 1 is 1.14 bits per heavy atom. The molecule has 0 amide bonds. The minimum Gasteiger partial charge on any atom is -0.493 e. The fourth-order valence-electron chi connectivity index (χ4n) is 0.974. The monoisotopic (exact) mass is 296 g/mol. The molecule has 0 fully saturated rings. The number of rotatable bonds is 0. The molecule has 3 aromatic heterocycles. The van der Waals surface area contributed by atoms with Crippen LogP contribution in [0.5, 0.6) is 5.88 Å². The van der Waals surface area contributed by atoms with E-state index in [1.54, 1.807) is 30.5 Å². The number of imidazole rings is 1. The van der Waals surface area contributed by atoms with Crippen LogP contribution in [0.25, 0.3) is 0 Å². The first-order valence-electron chi connectivity index (χ1n) is 5.53. The van der Waals surface area contributed by atoms with Gasteiger partial charge in [0.2, 0.25) is 5.88 Å². The Morgan fingerprint density at radius 2 is 1.76 bits per heavy atom. The highest BCUT2D eigenvalue weighted by molar-refractivity contribution is 5.01. The number of aromatic amines is 1. The van der Waals surface area contributed by atoms with Crippen molar-refractivity contribution in [3.63, 3.8) is 0 Å². The summed E-state index contributed by atoms with van der Waals surface area (Å²) < 4.78 is 2.75. The van der Waals surface area contributed by atoms with E-state index in [9.17, 15) is 4.79 Å². The molecule has 3 rings (SSSR count). The van der Waals surface area contributed by atoms with Crippen LogP contribution in [0.2, 0.25) is 0 Å². The molecule has 0 saturated heterocycles. The second kappa shape index (κ2) is 9.07. The molecule has 116 valence electrons. The summed E-state index contributed by atoms with van der Waals surface area (Å²) in [5, 5.41) is 19.8. The first-order valence-corrected chi connectivity index (χ1v) is 5.53. The molecule has 0 atom stereocenters. The van der Waals surface area contributed by atoms with Crippen LogP contribution in [-0.2, 0) is 21.1 Å². The third-order valence-corrected chi connectivity index (χ3v) is 2.04. The van der Waals surface area contributed by atoms with Crippen molar-refractivity contribution in [3.8, 4) is 5.88 Å². The van der Waals surface area contributed by atoms with Gasteiger partial charge in [-0.05, 0) is 0 Å². The maximum absolute atomic E-state index is 10.4. The normalized spacial score (nSPS) is 8.71. The topological polar surface area (TPSA) is 119 Å². The molecule has 2 N–H and O–H groups in total. The van der Waals surface area contributed by atoms with Gasteiger partial charge in [-0.3, -0.25) is 9.25 Å². The lowest BCUT2D eigenvalue weighted by atomic mass is 10.8. The Labute approximate surface area is 121 Å². The van der Waals surface area contributed by atoms with E-state index in [4.69, 9.17) is 5.11 Å². The van der Waals surface area contributed by atoms with Gasteiger partial charge in [-0.2, -0.15) is 20.1 Å². The molecule has 0 unspecified atom stereocenters. The molecule has 0 aliphatic heterocycles. The third-order valence-electron chi connectivity index (χ3n) is 2.04. The van der Waals surface area contributed by atoms with Gasteiger partial charge < -0.3 is 10.1 Å². The average molecular weight is 296 g/mol. The number of nitrogens with zero attached hydrogens (tertiary/aromatic N) is 7. The molecule has 3 aromatic rings. The molecular weight excluding hydrogens is 276 g/mol. The molecule has 10 heteroatoms. The molecule has 21 heavy (non-hydrogen) atoms. The number of aromatic nitrogens is 8. The van der Waals surface area contributed by atoms with Crippen LogP contribution in [0, 0.1) is 0 Å². The summed E-state index contributed by atoms with van der Waals surface area (Å²) in [6.07, 6.45) is 7.66. The Hall–Kier alpha value is -2.91. The highest BCUT2D eigenvalue weighted by atomic mass is 16.3. The Kier molecular flexibility index (Phi) is 7.81. The molecule has 0 aromatic carbocycles. The maximum atomic E-state index is 10.4. The van der Waals surface area contributed by atoms with Crippen molar-refractivity contribution in [2.24, 2.45) is 21.1 Å². The number of aromatic hydroxyl groups is 1. The largest absolute Gasteiger partial charge is 0.493 e. The SMILES string of the molecule is C.Cn1c(O)c[nH]c1=O.Cn1cncn1.Cn1nccn1. The van der Waals surface area contributed by atoms with Crippen molar-refractivity contribution in [1.29, 1.82) is 0 Å². The van der Waals surface area contributed by atoms with Crippen molar-refractivity contribution in [3.05, 3.63) is 41.7 Å².